The number of aliphatic hydroxyl groups is 14. The molecule has 9 aliphatic rings. The molecule has 77 heavy (non-hydrogen) atoms. The van der Waals surface area contributed by atoms with Crippen LogP contribution < -0.4 is 0 Å². The van der Waals surface area contributed by atoms with Gasteiger partial charge in [-0.15, -0.1) is 0 Å². The maximum absolute atomic E-state index is 15.1. The fourth-order valence-electron chi connectivity index (χ4n) is 16.4. The first-order valence-corrected chi connectivity index (χ1v) is 27.9. The van der Waals surface area contributed by atoms with Gasteiger partial charge in [-0.1, -0.05) is 53.2 Å². The molecule has 0 aromatic carbocycles. The SMILES string of the molecule is C[C@@H]1O[C@@H](O[C@H]2[C@H](O)[C@@H](O)[C@H](OC[C@H]3O[C@@H](OC(=O)[C@]45CCC(C)(C)C[C@@H]4C4=CC[C@@H]6[C@@]7(C)CC[C@H](O[C@@H]8O[C@H](CO)[C@@H](O)[C@H](O)[C@H]8O)[C@@](C)(CO)[C@H]7CC[C@@]6(C)[C@]4(C)CC5)[C@H](O)[C@@H](O)[C@@H]3O)O[C@@H]2CO)[C@H](O)[C@H](O)[C@H]1O. The van der Waals surface area contributed by atoms with Crippen LogP contribution in [0, 0.1) is 50.2 Å². The molecule has 4 saturated heterocycles. The summed E-state index contributed by atoms with van der Waals surface area (Å²) in [5.74, 6) is -0.744. The number of aliphatic hydroxyl groups excluding tert-OH is 14. The molecule has 14 N–H and O–H groups in total. The predicted octanol–water partition coefficient (Wildman–Crippen LogP) is -2.04. The third kappa shape index (κ3) is 9.80. The number of fused-ring (bicyclic) bond motifs is 7. The maximum atomic E-state index is 15.1. The summed E-state index contributed by atoms with van der Waals surface area (Å²) in [4.78, 5) is 15.1. The van der Waals surface area contributed by atoms with Crippen LogP contribution in [0.25, 0.3) is 0 Å². The number of allylic oxidation sites excluding steroid dienone is 2. The molecular weight excluding hydrogens is 1020 g/mol. The van der Waals surface area contributed by atoms with Crippen molar-refractivity contribution in [1.82, 2.24) is 0 Å². The third-order valence-electron chi connectivity index (χ3n) is 21.5. The van der Waals surface area contributed by atoms with Gasteiger partial charge < -0.3 is 109 Å². The summed E-state index contributed by atoms with van der Waals surface area (Å²) in [6.07, 6.45) is -23.6. The van der Waals surface area contributed by atoms with Gasteiger partial charge in [0.15, 0.2) is 18.9 Å². The number of carbonyl (C=O) groups excluding carboxylic acids is 1. The lowest BCUT2D eigenvalue weighted by Crippen LogP contribution is -2.67. The average Bonchev–Trinajstić information content (AvgIpc) is 3.53. The van der Waals surface area contributed by atoms with Gasteiger partial charge in [0.05, 0.1) is 44.1 Å². The Morgan fingerprint density at radius 2 is 1.16 bits per heavy atom. The standard InChI is InChI=1S/C54H88O23/c1-23-32(58)35(61)39(65)45(71-23)76-43-27(20-56)73-44(42(68)38(43)64)70-21-28-34(60)37(63)41(67)47(74-28)77-48(69)54-16-14-49(2,3)18-25(54)24-8-9-30-50(4)12-11-31(75-46-40(66)36(62)33(59)26(19-55)72-46)51(5,22-57)29(50)10-13-53(30,7)52(24,6)15-17-54/h8,23,25-47,55-68H,9-22H2,1-7H3/t23-,25+,26+,27+,28+,29-,30+,31-,32-,33+,34+,35+,36-,37-,38+,39+,40+,41+,42+,43+,44+,45-,46-,47-,50-,51-,52+,53+,54-/m0/s1. The molecule has 0 spiro atoms. The molecule has 23 nitrogen and oxygen atoms in total. The minimum atomic E-state index is -1.89. The molecule has 0 amide bonds. The lowest BCUT2D eigenvalue weighted by molar-refractivity contribution is -0.361. The molecule has 0 aromatic rings. The lowest BCUT2D eigenvalue weighted by atomic mass is 9.33. The molecule has 4 aliphatic heterocycles. The van der Waals surface area contributed by atoms with Gasteiger partial charge in [0.25, 0.3) is 0 Å². The van der Waals surface area contributed by atoms with Gasteiger partial charge in [0, 0.05) is 5.41 Å². The van der Waals surface area contributed by atoms with Crippen molar-refractivity contribution in [1.29, 1.82) is 0 Å². The molecule has 0 radical (unpaired) electrons. The van der Waals surface area contributed by atoms with Crippen molar-refractivity contribution in [3.8, 4) is 0 Å². The van der Waals surface area contributed by atoms with Crippen LogP contribution in [0.15, 0.2) is 11.6 Å². The van der Waals surface area contributed by atoms with Crippen molar-refractivity contribution in [2.75, 3.05) is 26.4 Å². The molecule has 4 saturated carbocycles. The zero-order chi connectivity index (χ0) is 56.3. The van der Waals surface area contributed by atoms with Gasteiger partial charge >= 0.3 is 5.97 Å². The number of ether oxygens (including phenoxy) is 8. The number of rotatable bonds is 12. The van der Waals surface area contributed by atoms with Crippen molar-refractivity contribution >= 4 is 5.97 Å². The Kier molecular flexibility index (Phi) is 17.0. The summed E-state index contributed by atoms with van der Waals surface area (Å²) in [6, 6.07) is 0. The van der Waals surface area contributed by atoms with E-state index in [-0.39, 0.29) is 46.0 Å². The number of esters is 1. The summed E-state index contributed by atoms with van der Waals surface area (Å²) < 4.78 is 47.1. The summed E-state index contributed by atoms with van der Waals surface area (Å²) >= 11 is 0. The fraction of sp³-hybridized carbons (Fsp3) is 0.944. The summed E-state index contributed by atoms with van der Waals surface area (Å²) in [6.45, 7) is 12.6. The molecule has 9 rings (SSSR count). The Labute approximate surface area is 449 Å². The highest BCUT2D eigenvalue weighted by Crippen LogP contribution is 2.76. The lowest BCUT2D eigenvalue weighted by Gasteiger charge is -2.71. The predicted molar refractivity (Wildman–Crippen MR) is 263 cm³/mol. The van der Waals surface area contributed by atoms with E-state index >= 15 is 4.79 Å². The van der Waals surface area contributed by atoms with E-state index in [4.69, 9.17) is 37.9 Å². The number of hydrogen-bond acceptors (Lipinski definition) is 23. The van der Waals surface area contributed by atoms with Gasteiger partial charge in [0.1, 0.15) is 91.6 Å². The van der Waals surface area contributed by atoms with Crippen molar-refractivity contribution in [2.45, 2.75) is 242 Å². The molecule has 442 valence electrons. The Morgan fingerprint density at radius 3 is 1.81 bits per heavy atom. The van der Waals surface area contributed by atoms with E-state index in [0.717, 1.165) is 19.3 Å². The zero-order valence-electron chi connectivity index (χ0n) is 45.3. The maximum Gasteiger partial charge on any atom is 0.315 e. The monoisotopic (exact) mass is 1100 g/mol. The first kappa shape index (κ1) is 60.0. The quantitative estimate of drug-likeness (QED) is 0.0569. The van der Waals surface area contributed by atoms with Gasteiger partial charge in [0.2, 0.25) is 6.29 Å². The second-order valence-corrected chi connectivity index (χ2v) is 26.1. The van der Waals surface area contributed by atoms with E-state index in [2.05, 4.69) is 40.7 Å². The normalized spacial score (nSPS) is 54.7. The summed E-state index contributed by atoms with van der Waals surface area (Å²) in [7, 11) is 0. The van der Waals surface area contributed by atoms with Crippen LogP contribution in [-0.2, 0) is 42.7 Å². The van der Waals surface area contributed by atoms with E-state index < -0.39 is 166 Å². The Morgan fingerprint density at radius 1 is 0.584 bits per heavy atom. The van der Waals surface area contributed by atoms with Crippen molar-refractivity contribution in [2.24, 2.45) is 50.2 Å². The number of carbonyl (C=O) groups is 1. The van der Waals surface area contributed by atoms with E-state index in [1.54, 1.807) is 0 Å². The van der Waals surface area contributed by atoms with Gasteiger partial charge in [-0.3, -0.25) is 4.79 Å². The molecule has 8 fully saturated rings. The molecule has 0 aromatic heterocycles. The second kappa shape index (κ2) is 21.8. The molecule has 4 heterocycles. The van der Waals surface area contributed by atoms with Crippen LogP contribution in [0.3, 0.4) is 0 Å². The average molecular weight is 1110 g/mol. The zero-order valence-corrected chi connectivity index (χ0v) is 45.3. The Balaban J connectivity index is 0.899. The Hall–Kier alpha value is -1.63. The van der Waals surface area contributed by atoms with Crippen molar-refractivity contribution in [3.63, 3.8) is 0 Å². The first-order chi connectivity index (χ1) is 36.1. The van der Waals surface area contributed by atoms with Crippen LogP contribution in [0.4, 0.5) is 0 Å². The van der Waals surface area contributed by atoms with Crippen LogP contribution >= 0.6 is 0 Å². The smallest absolute Gasteiger partial charge is 0.315 e. The van der Waals surface area contributed by atoms with Crippen LogP contribution in [0.1, 0.15) is 113 Å². The fourth-order valence-corrected chi connectivity index (χ4v) is 16.4. The Bertz CT molecular complexity index is 2110. The highest BCUT2D eigenvalue weighted by molar-refractivity contribution is 5.79. The number of hydrogen-bond donors (Lipinski definition) is 14. The molecular formula is C54H88O23. The van der Waals surface area contributed by atoms with Gasteiger partial charge in [-0.05, 0) is 111 Å². The van der Waals surface area contributed by atoms with Crippen molar-refractivity contribution < 1.29 is 114 Å². The highest BCUT2D eigenvalue weighted by Gasteiger charge is 2.71. The van der Waals surface area contributed by atoms with Crippen LogP contribution in [0.5, 0.6) is 0 Å². The minimum Gasteiger partial charge on any atom is -0.432 e. The van der Waals surface area contributed by atoms with E-state index in [1.807, 2.05) is 6.92 Å². The van der Waals surface area contributed by atoms with Gasteiger partial charge in [-0.25, -0.2) is 0 Å². The first-order valence-electron chi connectivity index (χ1n) is 27.9. The molecule has 5 aliphatic carbocycles. The summed E-state index contributed by atoms with van der Waals surface area (Å²) in [5, 5.41) is 150. The third-order valence-corrected chi connectivity index (χ3v) is 21.5. The summed E-state index contributed by atoms with van der Waals surface area (Å²) in [5.41, 5.74) is -1.70. The largest absolute Gasteiger partial charge is 0.432 e. The van der Waals surface area contributed by atoms with Crippen LogP contribution in [-0.4, -0.2) is 233 Å². The van der Waals surface area contributed by atoms with E-state index in [9.17, 15) is 71.5 Å². The van der Waals surface area contributed by atoms with Crippen LogP contribution in [0.2, 0.25) is 0 Å². The van der Waals surface area contributed by atoms with Crippen molar-refractivity contribution in [3.05, 3.63) is 11.6 Å². The minimum absolute atomic E-state index is 0.0249. The molecule has 0 unspecified atom stereocenters. The second-order valence-electron chi connectivity index (χ2n) is 26.1. The van der Waals surface area contributed by atoms with Gasteiger partial charge in [-0.2, -0.15) is 0 Å². The topological polar surface area (TPSA) is 374 Å². The molecule has 0 bridgehead atoms. The molecule has 29 atom stereocenters. The van der Waals surface area contributed by atoms with E-state index in [0.29, 0.717) is 44.9 Å². The molecule has 23 heteroatoms. The highest BCUT2D eigenvalue weighted by atomic mass is 16.8. The van der Waals surface area contributed by atoms with E-state index in [1.165, 1.54) is 12.5 Å².